The van der Waals surface area contributed by atoms with Crippen LogP contribution in [0.3, 0.4) is 0 Å². The average molecular weight is 359 g/mol. The second-order valence-corrected chi connectivity index (χ2v) is 7.43. The van der Waals surface area contributed by atoms with E-state index in [1.54, 1.807) is 6.20 Å². The molecule has 0 bridgehead atoms. The van der Waals surface area contributed by atoms with E-state index in [2.05, 4.69) is 62.0 Å². The number of anilines is 1. The van der Waals surface area contributed by atoms with Gasteiger partial charge in [0, 0.05) is 25.0 Å². The highest BCUT2D eigenvalue weighted by Crippen LogP contribution is 2.59. The zero-order valence-electron chi connectivity index (χ0n) is 12.6. The topological polar surface area (TPSA) is 55.0 Å². The first-order valence-corrected chi connectivity index (χ1v) is 8.42. The highest BCUT2D eigenvalue weighted by atomic mass is 79.9. The van der Waals surface area contributed by atoms with Gasteiger partial charge in [0.1, 0.15) is 10.4 Å². The van der Waals surface area contributed by atoms with Gasteiger partial charge in [0.2, 0.25) is 0 Å². The molecule has 22 heavy (non-hydrogen) atoms. The highest BCUT2D eigenvalue weighted by molar-refractivity contribution is 9.10. The first-order valence-electron chi connectivity index (χ1n) is 7.63. The molecule has 0 spiro atoms. The van der Waals surface area contributed by atoms with E-state index >= 15 is 0 Å². The first kappa shape index (κ1) is 14.2. The fourth-order valence-electron chi connectivity index (χ4n) is 3.78. The van der Waals surface area contributed by atoms with Gasteiger partial charge in [-0.25, -0.2) is 9.97 Å². The molecule has 1 saturated carbocycles. The Morgan fingerprint density at radius 1 is 1.36 bits per heavy atom. The van der Waals surface area contributed by atoms with E-state index in [0.717, 1.165) is 35.8 Å². The van der Waals surface area contributed by atoms with Crippen LogP contribution in [-0.2, 0) is 12.0 Å². The molecule has 2 fully saturated rings. The van der Waals surface area contributed by atoms with Crippen LogP contribution in [0.25, 0.3) is 0 Å². The first-order chi connectivity index (χ1) is 10.6. The van der Waals surface area contributed by atoms with Crippen LogP contribution in [0.1, 0.15) is 23.2 Å². The highest BCUT2D eigenvalue weighted by Gasteiger charge is 2.60. The quantitative estimate of drug-likeness (QED) is 0.916. The monoisotopic (exact) mass is 358 g/mol. The molecule has 2 heterocycles. The third-order valence-corrected chi connectivity index (χ3v) is 5.45. The van der Waals surface area contributed by atoms with Gasteiger partial charge in [0.15, 0.2) is 0 Å². The summed E-state index contributed by atoms with van der Waals surface area (Å²) >= 11 is 3.37. The Morgan fingerprint density at radius 3 is 2.91 bits per heavy atom. The van der Waals surface area contributed by atoms with Crippen molar-refractivity contribution < 1.29 is 0 Å². The van der Waals surface area contributed by atoms with Crippen LogP contribution in [0, 0.1) is 12.8 Å². The fourth-order valence-corrected chi connectivity index (χ4v) is 4.10. The summed E-state index contributed by atoms with van der Waals surface area (Å²) in [7, 11) is 0. The number of likely N-dealkylation sites (tertiary alicyclic amines) is 1. The van der Waals surface area contributed by atoms with Crippen molar-refractivity contribution >= 4 is 21.7 Å². The molecule has 0 unspecified atom stereocenters. The molecule has 2 atom stereocenters. The Bertz CT molecular complexity index is 715. The molecule has 0 radical (unpaired) electrons. The number of aryl methyl sites for hydroxylation is 1. The summed E-state index contributed by atoms with van der Waals surface area (Å²) in [6.45, 7) is 5.14. The van der Waals surface area contributed by atoms with Crippen LogP contribution in [0.2, 0.25) is 0 Å². The number of aromatic nitrogens is 2. The molecule has 2 aliphatic rings. The number of fused-ring (bicyclic) bond motifs is 1. The van der Waals surface area contributed by atoms with Crippen LogP contribution in [0.15, 0.2) is 35.1 Å². The number of halogens is 1. The number of hydrogen-bond acceptors (Lipinski definition) is 4. The Labute approximate surface area is 138 Å². The van der Waals surface area contributed by atoms with Crippen LogP contribution in [0.5, 0.6) is 0 Å². The van der Waals surface area contributed by atoms with Gasteiger partial charge in [-0.05, 0) is 40.8 Å². The molecule has 5 heteroatoms. The summed E-state index contributed by atoms with van der Waals surface area (Å²) < 4.78 is 0.745. The minimum atomic E-state index is 0.363. The van der Waals surface area contributed by atoms with E-state index in [4.69, 9.17) is 5.73 Å². The lowest BCUT2D eigenvalue weighted by molar-refractivity contribution is 0.287. The van der Waals surface area contributed by atoms with Gasteiger partial charge in [0.25, 0.3) is 0 Å². The summed E-state index contributed by atoms with van der Waals surface area (Å²) in [5, 5.41) is 0. The van der Waals surface area contributed by atoms with Crippen molar-refractivity contribution in [3.05, 3.63) is 51.9 Å². The lowest BCUT2D eigenvalue weighted by atomic mass is 9.94. The number of nitrogens with two attached hydrogens (primary N) is 1. The zero-order chi connectivity index (χ0) is 15.3. The van der Waals surface area contributed by atoms with Crippen molar-refractivity contribution in [1.29, 1.82) is 0 Å². The Balaban J connectivity index is 1.51. The molecule has 1 aliphatic carbocycles. The Kier molecular flexibility index (Phi) is 3.24. The predicted octanol–water partition coefficient (Wildman–Crippen LogP) is 2.90. The maximum atomic E-state index is 5.95. The second kappa shape index (κ2) is 5.03. The van der Waals surface area contributed by atoms with Crippen molar-refractivity contribution in [2.75, 3.05) is 18.8 Å². The van der Waals surface area contributed by atoms with Gasteiger partial charge in [-0.3, -0.25) is 4.90 Å². The van der Waals surface area contributed by atoms with Crippen LogP contribution in [0.4, 0.5) is 5.82 Å². The summed E-state index contributed by atoms with van der Waals surface area (Å²) in [6, 6.07) is 9.04. The normalized spacial score (nSPS) is 26.9. The second-order valence-electron chi connectivity index (χ2n) is 6.62. The maximum absolute atomic E-state index is 5.95. The van der Waals surface area contributed by atoms with Crippen LogP contribution in [-0.4, -0.2) is 28.0 Å². The van der Waals surface area contributed by atoms with Gasteiger partial charge in [-0.2, -0.15) is 0 Å². The lowest BCUT2D eigenvalue weighted by Crippen LogP contribution is -2.27. The largest absolute Gasteiger partial charge is 0.382 e. The van der Waals surface area contributed by atoms with Crippen LogP contribution >= 0.6 is 15.9 Å². The van der Waals surface area contributed by atoms with Crippen molar-refractivity contribution in [1.82, 2.24) is 14.9 Å². The maximum Gasteiger partial charge on any atom is 0.146 e. The van der Waals surface area contributed by atoms with Crippen molar-refractivity contribution in [2.24, 2.45) is 5.92 Å². The van der Waals surface area contributed by atoms with E-state index in [1.807, 2.05) is 0 Å². The molecular weight excluding hydrogens is 340 g/mol. The average Bonchev–Trinajstić information content (AvgIpc) is 3.06. The number of piperidine rings is 1. The molecule has 4 rings (SSSR count). The van der Waals surface area contributed by atoms with E-state index in [0.29, 0.717) is 11.2 Å². The number of benzene rings is 1. The summed E-state index contributed by atoms with van der Waals surface area (Å²) in [5.41, 5.74) is 9.99. The minimum absolute atomic E-state index is 0.363. The summed E-state index contributed by atoms with van der Waals surface area (Å²) in [6.07, 6.45) is 2.96. The standard InChI is InChI=1S/C17H19BrN4/c1-11-2-4-12(5-3-11)17-6-13(17)8-22(10-17)9-14-16(19)20-7-15(18)21-14/h2-5,7,13H,6,8-10H2,1H3,(H2,19,20)/t13-,17+/m0/s1. The van der Waals surface area contributed by atoms with Gasteiger partial charge in [-0.15, -0.1) is 0 Å². The molecule has 1 aromatic carbocycles. The smallest absolute Gasteiger partial charge is 0.146 e. The summed E-state index contributed by atoms with van der Waals surface area (Å²) in [5.74, 6) is 1.31. The van der Waals surface area contributed by atoms with Crippen molar-refractivity contribution in [2.45, 2.75) is 25.3 Å². The fraction of sp³-hybridized carbons (Fsp3) is 0.412. The Morgan fingerprint density at radius 2 is 2.14 bits per heavy atom. The van der Waals surface area contributed by atoms with Crippen LogP contribution < -0.4 is 5.73 Å². The van der Waals surface area contributed by atoms with E-state index < -0.39 is 0 Å². The molecule has 114 valence electrons. The molecule has 1 aromatic heterocycles. The lowest BCUT2D eigenvalue weighted by Gasteiger charge is -2.21. The molecule has 0 amide bonds. The third-order valence-electron chi connectivity index (χ3n) is 5.06. The number of hydrogen-bond donors (Lipinski definition) is 1. The predicted molar refractivity (Wildman–Crippen MR) is 90.4 cm³/mol. The van der Waals surface area contributed by atoms with Gasteiger partial charge >= 0.3 is 0 Å². The summed E-state index contributed by atoms with van der Waals surface area (Å²) in [4.78, 5) is 11.1. The third kappa shape index (κ3) is 2.32. The Hall–Kier alpha value is -1.46. The van der Waals surface area contributed by atoms with Crippen molar-refractivity contribution in [3.63, 3.8) is 0 Å². The molecule has 2 N–H and O–H groups in total. The minimum Gasteiger partial charge on any atom is -0.382 e. The van der Waals surface area contributed by atoms with Gasteiger partial charge < -0.3 is 5.73 Å². The van der Waals surface area contributed by atoms with E-state index in [-0.39, 0.29) is 0 Å². The molecule has 1 aliphatic heterocycles. The van der Waals surface area contributed by atoms with E-state index in [1.165, 1.54) is 17.5 Å². The number of rotatable bonds is 3. The van der Waals surface area contributed by atoms with E-state index in [9.17, 15) is 0 Å². The number of nitrogens with zero attached hydrogens (tertiary/aromatic N) is 3. The van der Waals surface area contributed by atoms with Gasteiger partial charge in [0.05, 0.1) is 11.9 Å². The van der Waals surface area contributed by atoms with Gasteiger partial charge in [-0.1, -0.05) is 29.8 Å². The molecule has 1 saturated heterocycles. The molecule has 4 nitrogen and oxygen atoms in total. The SMILES string of the molecule is Cc1ccc([C@]23C[C@H]2CN(Cc2nc(Br)cnc2N)C3)cc1. The molecule has 2 aromatic rings. The van der Waals surface area contributed by atoms with Crippen molar-refractivity contribution in [3.8, 4) is 0 Å². The molecular formula is C17H19BrN4. The number of nitrogen functional groups attached to an aromatic ring is 1. The zero-order valence-corrected chi connectivity index (χ0v) is 14.2.